The minimum atomic E-state index is -4.80. The molecule has 0 bridgehead atoms. The lowest BCUT2D eigenvalue weighted by Gasteiger charge is -2.37. The Morgan fingerprint density at radius 1 is 1.32 bits per heavy atom. The van der Waals surface area contributed by atoms with Gasteiger partial charge in [-0.3, -0.25) is 5.21 Å². The van der Waals surface area contributed by atoms with E-state index < -0.39 is 23.1 Å². The lowest BCUT2D eigenvalue weighted by Crippen LogP contribution is -2.50. The van der Waals surface area contributed by atoms with E-state index in [0.29, 0.717) is 12.8 Å². The Bertz CT molecular complexity index is 691. The molecule has 8 heteroatoms. The van der Waals surface area contributed by atoms with Crippen LogP contribution in [0.25, 0.3) is 0 Å². The molecule has 1 aliphatic heterocycles. The monoisotopic (exact) mass is 330 g/mol. The lowest BCUT2D eigenvalue weighted by atomic mass is 10.0. The van der Waals surface area contributed by atoms with Crippen LogP contribution >= 0.6 is 11.6 Å². The van der Waals surface area contributed by atoms with E-state index >= 15 is 0 Å². The quantitative estimate of drug-likeness (QED) is 0.448. The molecule has 1 aromatic carbocycles. The van der Waals surface area contributed by atoms with Crippen molar-refractivity contribution in [3.8, 4) is 12.0 Å². The van der Waals surface area contributed by atoms with Gasteiger partial charge in [-0.1, -0.05) is 24.1 Å². The summed E-state index contributed by atoms with van der Waals surface area (Å²) in [7, 11) is 0. The highest BCUT2D eigenvalue weighted by Crippen LogP contribution is 2.45. The molecule has 2 aliphatic rings. The molecule has 1 N–H and O–H groups in total. The highest BCUT2D eigenvalue weighted by Gasteiger charge is 2.52. The average Bonchev–Trinajstić information content (AvgIpc) is 3.16. The molecule has 116 valence electrons. The van der Waals surface area contributed by atoms with Gasteiger partial charge < -0.3 is 0 Å². The van der Waals surface area contributed by atoms with Gasteiger partial charge >= 0.3 is 12.2 Å². The third-order valence-electron chi connectivity index (χ3n) is 3.49. The first kappa shape index (κ1) is 15.0. The Kier molecular flexibility index (Phi) is 3.27. The summed E-state index contributed by atoms with van der Waals surface area (Å²) in [4.78, 5) is 12.1. The van der Waals surface area contributed by atoms with E-state index in [1.54, 1.807) is 0 Å². The second kappa shape index (κ2) is 4.80. The predicted octanol–water partition coefficient (Wildman–Crippen LogP) is 3.65. The van der Waals surface area contributed by atoms with Crippen molar-refractivity contribution in [2.75, 3.05) is 4.90 Å². The molecule has 1 saturated carbocycles. The van der Waals surface area contributed by atoms with Gasteiger partial charge in [0.2, 0.25) is 0 Å². The molecule has 1 aliphatic carbocycles. The van der Waals surface area contributed by atoms with Crippen molar-refractivity contribution in [1.29, 1.82) is 0 Å². The van der Waals surface area contributed by atoms with Gasteiger partial charge in [-0.15, -0.1) is 11.6 Å². The molecule has 4 nitrogen and oxygen atoms in total. The van der Waals surface area contributed by atoms with Crippen LogP contribution in [0.2, 0.25) is 0 Å². The van der Waals surface area contributed by atoms with Gasteiger partial charge in [-0.25, -0.2) is 9.69 Å². The Labute approximate surface area is 129 Å². The summed E-state index contributed by atoms with van der Waals surface area (Å²) in [6, 6.07) is 4.24. The number of halogens is 4. The van der Waals surface area contributed by atoms with Gasteiger partial charge in [-0.05, 0) is 18.9 Å². The van der Waals surface area contributed by atoms with Gasteiger partial charge in [0.15, 0.2) is 6.04 Å². The van der Waals surface area contributed by atoms with Crippen molar-refractivity contribution in [1.82, 2.24) is 5.06 Å². The lowest BCUT2D eigenvalue weighted by molar-refractivity contribution is -0.232. The SMILES string of the molecule is O=C1N(C#CC2(Cl)CC2)c2ccccc2[C@@H](C(F)(F)F)N1O. The summed E-state index contributed by atoms with van der Waals surface area (Å²) in [6.07, 6.45) is -3.50. The number of nitrogens with zero attached hydrogens (tertiary/aromatic N) is 2. The van der Waals surface area contributed by atoms with Crippen molar-refractivity contribution in [3.05, 3.63) is 29.8 Å². The zero-order valence-corrected chi connectivity index (χ0v) is 11.8. The van der Waals surface area contributed by atoms with Crippen LogP contribution in [0.15, 0.2) is 24.3 Å². The Morgan fingerprint density at radius 3 is 2.55 bits per heavy atom. The minimum absolute atomic E-state index is 0.00598. The van der Waals surface area contributed by atoms with Gasteiger partial charge in [0.25, 0.3) is 0 Å². The van der Waals surface area contributed by atoms with Crippen LogP contribution in [0.4, 0.5) is 23.7 Å². The number of anilines is 1. The first-order chi connectivity index (χ1) is 10.2. The summed E-state index contributed by atoms with van der Waals surface area (Å²) >= 11 is 6.01. The molecule has 1 atom stereocenters. The number of urea groups is 1. The minimum Gasteiger partial charge on any atom is -0.283 e. The third kappa shape index (κ3) is 2.49. The third-order valence-corrected chi connectivity index (χ3v) is 3.97. The van der Waals surface area contributed by atoms with Crippen LogP contribution in [0.1, 0.15) is 24.4 Å². The van der Waals surface area contributed by atoms with E-state index in [2.05, 4.69) is 12.0 Å². The van der Waals surface area contributed by atoms with Crippen LogP contribution in [0, 0.1) is 12.0 Å². The van der Waals surface area contributed by atoms with E-state index in [4.69, 9.17) is 11.6 Å². The first-order valence-corrected chi connectivity index (χ1v) is 6.80. The zero-order valence-electron chi connectivity index (χ0n) is 11.1. The number of benzene rings is 1. The number of carbonyl (C=O) groups is 1. The largest absolute Gasteiger partial charge is 0.415 e. The van der Waals surface area contributed by atoms with E-state index in [1.165, 1.54) is 24.3 Å². The maximum absolute atomic E-state index is 13.1. The molecule has 1 heterocycles. The maximum Gasteiger partial charge on any atom is 0.415 e. The molecule has 1 fully saturated rings. The maximum atomic E-state index is 13.1. The number of hydroxylamine groups is 2. The number of alkyl halides is 4. The molecule has 2 amide bonds. The Hall–Kier alpha value is -1.91. The van der Waals surface area contributed by atoms with Crippen LogP contribution in [0.3, 0.4) is 0 Å². The molecule has 0 aromatic heterocycles. The van der Waals surface area contributed by atoms with E-state index in [-0.39, 0.29) is 16.3 Å². The molecule has 0 unspecified atom stereocenters. The molecular weight excluding hydrogens is 321 g/mol. The zero-order chi connectivity index (χ0) is 16.1. The first-order valence-electron chi connectivity index (χ1n) is 6.42. The summed E-state index contributed by atoms with van der Waals surface area (Å²) in [5.74, 6) is 2.65. The number of hydrogen-bond donors (Lipinski definition) is 1. The second-order valence-electron chi connectivity index (χ2n) is 5.17. The molecule has 22 heavy (non-hydrogen) atoms. The summed E-state index contributed by atoms with van der Waals surface area (Å²) in [5, 5.41) is 9.31. The molecule has 0 spiro atoms. The van der Waals surface area contributed by atoms with E-state index in [9.17, 15) is 23.2 Å². The van der Waals surface area contributed by atoms with E-state index in [1.807, 2.05) is 0 Å². The topological polar surface area (TPSA) is 43.8 Å². The van der Waals surface area contributed by atoms with Crippen LogP contribution in [-0.4, -0.2) is 27.4 Å². The fourth-order valence-electron chi connectivity index (χ4n) is 2.18. The molecule has 1 aromatic rings. The number of rotatable bonds is 0. The van der Waals surface area contributed by atoms with Crippen molar-refractivity contribution < 1.29 is 23.2 Å². The van der Waals surface area contributed by atoms with Crippen molar-refractivity contribution >= 4 is 23.3 Å². The molecular formula is C14H10ClF3N2O2. The molecule has 0 radical (unpaired) electrons. The number of hydrogen-bond acceptors (Lipinski definition) is 2. The van der Waals surface area contributed by atoms with Crippen LogP contribution in [0.5, 0.6) is 0 Å². The van der Waals surface area contributed by atoms with Crippen LogP contribution in [-0.2, 0) is 0 Å². The number of fused-ring (bicyclic) bond motifs is 1. The van der Waals surface area contributed by atoms with Gasteiger partial charge in [-0.2, -0.15) is 18.2 Å². The number of para-hydroxylation sites is 1. The van der Waals surface area contributed by atoms with Gasteiger partial charge in [0.1, 0.15) is 4.87 Å². The standard InChI is InChI=1S/C14H10ClF3N2O2/c15-13(5-6-13)7-8-19-10-4-2-1-3-9(10)11(14(16,17)18)20(22)12(19)21/h1-4,11,22H,5-6H2/t11-/m0/s1. The van der Waals surface area contributed by atoms with Gasteiger partial charge in [0.05, 0.1) is 5.69 Å². The highest BCUT2D eigenvalue weighted by atomic mass is 35.5. The second-order valence-corrected chi connectivity index (χ2v) is 5.89. The molecule has 3 rings (SSSR count). The normalized spacial score (nSPS) is 22.8. The Morgan fingerprint density at radius 2 is 1.95 bits per heavy atom. The number of amides is 2. The van der Waals surface area contributed by atoms with Gasteiger partial charge in [0, 0.05) is 11.6 Å². The summed E-state index contributed by atoms with van der Waals surface area (Å²) in [6.45, 7) is 0. The Balaban J connectivity index is 2.09. The van der Waals surface area contributed by atoms with Crippen molar-refractivity contribution in [2.24, 2.45) is 0 Å². The molecule has 0 saturated heterocycles. The van der Waals surface area contributed by atoms with Crippen molar-refractivity contribution in [3.63, 3.8) is 0 Å². The van der Waals surface area contributed by atoms with E-state index in [0.717, 1.165) is 4.90 Å². The summed E-state index contributed by atoms with van der Waals surface area (Å²) in [5.41, 5.74) is -0.251. The average molecular weight is 331 g/mol. The number of carbonyl (C=O) groups excluding carboxylic acids is 1. The highest BCUT2D eigenvalue weighted by molar-refractivity contribution is 6.28. The fourth-order valence-corrected chi connectivity index (χ4v) is 2.32. The summed E-state index contributed by atoms with van der Waals surface area (Å²) < 4.78 is 39.4. The van der Waals surface area contributed by atoms with Crippen LogP contribution < -0.4 is 4.90 Å². The smallest absolute Gasteiger partial charge is 0.283 e. The fraction of sp³-hybridized carbons (Fsp3) is 0.357. The van der Waals surface area contributed by atoms with Crippen molar-refractivity contribution in [2.45, 2.75) is 29.9 Å². The predicted molar refractivity (Wildman–Crippen MR) is 72.3 cm³/mol.